The predicted octanol–water partition coefficient (Wildman–Crippen LogP) is -0.256. The summed E-state index contributed by atoms with van der Waals surface area (Å²) in [4.78, 5) is 9.30. The summed E-state index contributed by atoms with van der Waals surface area (Å²) < 4.78 is 20.5. The fourth-order valence-electron chi connectivity index (χ4n) is 0.0874. The van der Waals surface area contributed by atoms with Crippen LogP contribution < -0.4 is 0 Å². The van der Waals surface area contributed by atoms with Gasteiger partial charge in [0.15, 0.2) is 16.1 Å². The standard InChI is InChI=1S/C4H6O3S/c1-4(3-5)8(2,6)7/h3H,1H2,2H3. The highest BCUT2D eigenvalue weighted by molar-refractivity contribution is 7.95. The van der Waals surface area contributed by atoms with E-state index >= 15 is 0 Å². The van der Waals surface area contributed by atoms with E-state index in [0.29, 0.717) is 0 Å². The second kappa shape index (κ2) is 2.09. The first-order valence-electron chi connectivity index (χ1n) is 1.82. The van der Waals surface area contributed by atoms with Crippen molar-refractivity contribution in [3.05, 3.63) is 11.5 Å². The summed E-state index contributed by atoms with van der Waals surface area (Å²) in [6.45, 7) is 2.99. The van der Waals surface area contributed by atoms with Gasteiger partial charge in [0.1, 0.15) is 0 Å². The smallest absolute Gasteiger partial charge is 0.178 e. The zero-order chi connectivity index (χ0) is 6.78. The van der Waals surface area contributed by atoms with E-state index in [-0.39, 0.29) is 11.2 Å². The molecule has 0 amide bonds. The van der Waals surface area contributed by atoms with Gasteiger partial charge in [-0.2, -0.15) is 0 Å². The van der Waals surface area contributed by atoms with Gasteiger partial charge in [-0.05, 0) is 0 Å². The molecule has 3 nitrogen and oxygen atoms in total. The van der Waals surface area contributed by atoms with Crippen LogP contribution in [-0.4, -0.2) is 21.0 Å². The third-order valence-electron chi connectivity index (χ3n) is 0.608. The molecule has 0 N–H and O–H groups in total. The molecule has 0 rings (SSSR count). The summed E-state index contributed by atoms with van der Waals surface area (Å²) in [5, 5.41) is 0. The highest BCUT2D eigenvalue weighted by Gasteiger charge is 2.04. The third kappa shape index (κ3) is 1.88. The number of allylic oxidation sites excluding steroid dienone is 1. The topological polar surface area (TPSA) is 51.2 Å². The minimum atomic E-state index is -3.32. The minimum Gasteiger partial charge on any atom is -0.297 e. The Balaban J connectivity index is 4.53. The summed E-state index contributed by atoms with van der Waals surface area (Å²) in [5.74, 6) is 0. The second-order valence-corrected chi connectivity index (χ2v) is 3.43. The zero-order valence-corrected chi connectivity index (χ0v) is 5.23. The van der Waals surface area contributed by atoms with Crippen molar-refractivity contribution in [3.8, 4) is 0 Å². The van der Waals surface area contributed by atoms with Crippen molar-refractivity contribution in [2.24, 2.45) is 0 Å². The van der Waals surface area contributed by atoms with Gasteiger partial charge in [-0.1, -0.05) is 6.58 Å². The lowest BCUT2D eigenvalue weighted by Crippen LogP contribution is -1.99. The average molecular weight is 134 g/mol. The Morgan fingerprint density at radius 1 is 1.62 bits per heavy atom. The SMILES string of the molecule is C=C(C=O)S(C)(=O)=O. The lowest BCUT2D eigenvalue weighted by molar-refractivity contribution is -0.104. The monoisotopic (exact) mass is 134 g/mol. The van der Waals surface area contributed by atoms with E-state index in [4.69, 9.17) is 0 Å². The summed E-state index contributed by atoms with van der Waals surface area (Å²) in [6.07, 6.45) is 1.15. The molecule has 0 aliphatic rings. The highest BCUT2D eigenvalue weighted by atomic mass is 32.2. The van der Waals surface area contributed by atoms with Crippen molar-refractivity contribution < 1.29 is 13.2 Å². The predicted molar refractivity (Wildman–Crippen MR) is 30.0 cm³/mol. The fourth-order valence-corrected chi connectivity index (χ4v) is 0.262. The van der Waals surface area contributed by atoms with Crippen LogP contribution in [0.1, 0.15) is 0 Å². The molecule has 0 saturated heterocycles. The molecule has 0 aromatic heterocycles. The number of sulfone groups is 1. The summed E-state index contributed by atoms with van der Waals surface area (Å²) >= 11 is 0. The van der Waals surface area contributed by atoms with Gasteiger partial charge >= 0.3 is 0 Å². The normalized spacial score (nSPS) is 10.6. The van der Waals surface area contributed by atoms with Crippen LogP contribution in [0.15, 0.2) is 11.5 Å². The van der Waals surface area contributed by atoms with Crippen molar-refractivity contribution in [1.82, 2.24) is 0 Å². The van der Waals surface area contributed by atoms with Gasteiger partial charge in [0.05, 0.1) is 4.91 Å². The Morgan fingerprint density at radius 3 is 2.00 bits per heavy atom. The third-order valence-corrected chi connectivity index (χ3v) is 1.66. The Labute approximate surface area is 47.9 Å². The van der Waals surface area contributed by atoms with Gasteiger partial charge in [-0.25, -0.2) is 8.42 Å². The first-order chi connectivity index (χ1) is 3.48. The first-order valence-corrected chi connectivity index (χ1v) is 3.72. The van der Waals surface area contributed by atoms with Gasteiger partial charge in [0.2, 0.25) is 0 Å². The van der Waals surface area contributed by atoms with Crippen molar-refractivity contribution >= 4 is 16.1 Å². The molecule has 0 unspecified atom stereocenters. The van der Waals surface area contributed by atoms with Crippen molar-refractivity contribution in [1.29, 1.82) is 0 Å². The van der Waals surface area contributed by atoms with Crippen LogP contribution >= 0.6 is 0 Å². The molecule has 0 radical (unpaired) electrons. The minimum absolute atomic E-state index is 0.218. The maximum Gasteiger partial charge on any atom is 0.178 e. The van der Waals surface area contributed by atoms with Crippen molar-refractivity contribution in [3.63, 3.8) is 0 Å². The molecule has 46 valence electrons. The molecule has 0 atom stereocenters. The number of hydrogen-bond acceptors (Lipinski definition) is 3. The highest BCUT2D eigenvalue weighted by Crippen LogP contribution is 1.93. The molecule has 0 bridgehead atoms. The molecule has 0 aliphatic carbocycles. The van der Waals surface area contributed by atoms with Crippen LogP contribution in [-0.2, 0) is 14.6 Å². The lowest BCUT2D eigenvalue weighted by atomic mass is 10.7. The average Bonchev–Trinajstić information content (AvgIpc) is 1.62. The number of aldehydes is 1. The molecule has 8 heavy (non-hydrogen) atoms. The number of hydrogen-bond donors (Lipinski definition) is 0. The first kappa shape index (κ1) is 7.36. The van der Waals surface area contributed by atoms with E-state index in [0.717, 1.165) is 6.26 Å². The molecule has 0 aromatic carbocycles. The van der Waals surface area contributed by atoms with Gasteiger partial charge < -0.3 is 0 Å². The Morgan fingerprint density at radius 2 is 2.00 bits per heavy atom. The Bertz CT molecular complexity index is 199. The molecule has 0 fully saturated rings. The maximum atomic E-state index is 10.2. The van der Waals surface area contributed by atoms with Crippen LogP contribution in [0.25, 0.3) is 0 Å². The van der Waals surface area contributed by atoms with E-state index in [2.05, 4.69) is 6.58 Å². The van der Waals surface area contributed by atoms with Crippen molar-refractivity contribution in [2.75, 3.05) is 6.26 Å². The molecule has 0 heterocycles. The quantitative estimate of drug-likeness (QED) is 0.386. The zero-order valence-electron chi connectivity index (χ0n) is 4.42. The molecule has 0 spiro atoms. The molecule has 4 heteroatoms. The Hall–Kier alpha value is -0.640. The van der Waals surface area contributed by atoms with Crippen LogP contribution in [0.4, 0.5) is 0 Å². The summed E-state index contributed by atoms with van der Waals surface area (Å²) in [5.41, 5.74) is 0. The molecular weight excluding hydrogens is 128 g/mol. The molecule has 0 saturated carbocycles. The van der Waals surface area contributed by atoms with Gasteiger partial charge in [0.25, 0.3) is 0 Å². The largest absolute Gasteiger partial charge is 0.297 e. The number of carbonyl (C=O) groups is 1. The second-order valence-electron chi connectivity index (χ2n) is 1.36. The van der Waals surface area contributed by atoms with E-state index in [1.54, 1.807) is 0 Å². The van der Waals surface area contributed by atoms with E-state index < -0.39 is 9.84 Å². The van der Waals surface area contributed by atoms with Gasteiger partial charge in [0, 0.05) is 6.26 Å². The van der Waals surface area contributed by atoms with Crippen LogP contribution in [0.3, 0.4) is 0 Å². The van der Waals surface area contributed by atoms with Crippen LogP contribution in [0.5, 0.6) is 0 Å². The van der Waals surface area contributed by atoms with Gasteiger partial charge in [-0.3, -0.25) is 4.79 Å². The number of carbonyl (C=O) groups excluding carboxylic acids is 1. The van der Waals surface area contributed by atoms with E-state index in [9.17, 15) is 13.2 Å². The molecule has 0 aliphatic heterocycles. The van der Waals surface area contributed by atoms with Crippen molar-refractivity contribution in [2.45, 2.75) is 0 Å². The van der Waals surface area contributed by atoms with E-state index in [1.165, 1.54) is 0 Å². The molecular formula is C4H6O3S. The summed E-state index contributed by atoms with van der Waals surface area (Å²) in [6, 6.07) is 0. The van der Waals surface area contributed by atoms with Crippen LogP contribution in [0.2, 0.25) is 0 Å². The fraction of sp³-hybridized carbons (Fsp3) is 0.250. The molecule has 0 aromatic rings. The number of rotatable bonds is 2. The lowest BCUT2D eigenvalue weighted by Gasteiger charge is -1.86. The summed E-state index contributed by atoms with van der Waals surface area (Å²) in [7, 11) is -3.32. The maximum absolute atomic E-state index is 10.2. The van der Waals surface area contributed by atoms with Gasteiger partial charge in [-0.15, -0.1) is 0 Å². The van der Waals surface area contributed by atoms with Crippen LogP contribution in [0, 0.1) is 0 Å². The Kier molecular flexibility index (Phi) is 1.92. The van der Waals surface area contributed by atoms with E-state index in [1.807, 2.05) is 0 Å².